The number of amides is 1. The average Bonchev–Trinajstić information content (AvgIpc) is 3.00. The fourth-order valence-corrected chi connectivity index (χ4v) is 2.50. The number of methoxy groups -OCH3 is 1. The number of nitrogens with one attached hydrogen (secondary N) is 1. The van der Waals surface area contributed by atoms with Crippen LogP contribution in [0, 0.1) is 0 Å². The number of ether oxygens (including phenoxy) is 1. The van der Waals surface area contributed by atoms with Crippen molar-refractivity contribution in [2.24, 2.45) is 0 Å². The fourth-order valence-electron chi connectivity index (χ4n) is 2.40. The van der Waals surface area contributed by atoms with Crippen LogP contribution in [0.25, 0.3) is 10.9 Å². The third-order valence-corrected chi connectivity index (χ3v) is 3.69. The SMILES string of the molecule is COC(=O)c1cn(C(=O)Nc2ccccc2)c2ccc(OCl)cc12. The van der Waals surface area contributed by atoms with Crippen LogP contribution in [0.15, 0.2) is 54.7 Å². The van der Waals surface area contributed by atoms with Crippen molar-refractivity contribution in [3.63, 3.8) is 0 Å². The van der Waals surface area contributed by atoms with Crippen LogP contribution >= 0.6 is 11.9 Å². The van der Waals surface area contributed by atoms with E-state index in [1.165, 1.54) is 17.9 Å². The van der Waals surface area contributed by atoms with Gasteiger partial charge in [-0.1, -0.05) is 18.2 Å². The number of nitrogens with zero attached hydrogens (tertiary/aromatic N) is 1. The lowest BCUT2D eigenvalue weighted by atomic mass is 10.1. The second-order valence-electron chi connectivity index (χ2n) is 4.96. The van der Waals surface area contributed by atoms with E-state index in [0.717, 1.165) is 0 Å². The van der Waals surface area contributed by atoms with Crippen LogP contribution in [0.1, 0.15) is 10.4 Å². The Hall–Kier alpha value is -2.99. The van der Waals surface area contributed by atoms with Gasteiger partial charge >= 0.3 is 12.0 Å². The number of carbonyl (C=O) groups is 2. The maximum absolute atomic E-state index is 12.5. The molecule has 1 N–H and O–H groups in total. The minimum atomic E-state index is -0.557. The normalized spacial score (nSPS) is 10.4. The van der Waals surface area contributed by atoms with E-state index >= 15 is 0 Å². The molecule has 0 unspecified atom stereocenters. The van der Waals surface area contributed by atoms with E-state index < -0.39 is 12.0 Å². The zero-order valence-corrected chi connectivity index (χ0v) is 13.4. The van der Waals surface area contributed by atoms with Crippen molar-refractivity contribution < 1.29 is 18.6 Å². The molecule has 0 bridgehead atoms. The van der Waals surface area contributed by atoms with Gasteiger partial charge in [-0.05, 0) is 30.3 Å². The average molecular weight is 345 g/mol. The summed E-state index contributed by atoms with van der Waals surface area (Å²) in [6, 6.07) is 13.4. The van der Waals surface area contributed by atoms with E-state index in [0.29, 0.717) is 22.3 Å². The second kappa shape index (κ2) is 6.64. The zero-order chi connectivity index (χ0) is 17.1. The van der Waals surface area contributed by atoms with Gasteiger partial charge in [0.1, 0.15) is 17.6 Å². The van der Waals surface area contributed by atoms with Crippen molar-refractivity contribution in [3.8, 4) is 5.75 Å². The predicted octanol–water partition coefficient (Wildman–Crippen LogP) is 4.04. The molecule has 122 valence electrons. The number of rotatable bonds is 3. The Morgan fingerprint density at radius 3 is 2.54 bits per heavy atom. The third kappa shape index (κ3) is 2.91. The highest BCUT2D eigenvalue weighted by Crippen LogP contribution is 2.27. The predicted molar refractivity (Wildman–Crippen MR) is 90.6 cm³/mol. The molecule has 0 radical (unpaired) electrons. The number of anilines is 1. The molecule has 7 heteroatoms. The van der Waals surface area contributed by atoms with Crippen molar-refractivity contribution in [3.05, 3.63) is 60.3 Å². The molecule has 0 saturated carbocycles. The molecular formula is C17H13ClN2O4. The number of para-hydroxylation sites is 1. The summed E-state index contributed by atoms with van der Waals surface area (Å²) in [5, 5.41) is 3.27. The van der Waals surface area contributed by atoms with Crippen molar-refractivity contribution in [2.45, 2.75) is 0 Å². The van der Waals surface area contributed by atoms with Crippen molar-refractivity contribution in [1.29, 1.82) is 0 Å². The molecule has 1 aromatic heterocycles. The number of esters is 1. The highest BCUT2D eigenvalue weighted by molar-refractivity contribution is 6.11. The maximum Gasteiger partial charge on any atom is 0.340 e. The standard InChI is InChI=1S/C17H13ClN2O4/c1-23-16(21)14-10-20(15-8-7-12(24-18)9-13(14)15)17(22)19-11-5-3-2-4-6-11/h2-10H,1H3,(H,19,22). The number of benzene rings is 2. The quantitative estimate of drug-likeness (QED) is 0.728. The number of hydrogen-bond acceptors (Lipinski definition) is 4. The van der Waals surface area contributed by atoms with Gasteiger partial charge in [0, 0.05) is 17.3 Å². The van der Waals surface area contributed by atoms with Gasteiger partial charge in [0.05, 0.1) is 18.2 Å². The van der Waals surface area contributed by atoms with Crippen LogP contribution in [0.4, 0.5) is 10.5 Å². The highest BCUT2D eigenvalue weighted by Gasteiger charge is 2.19. The van der Waals surface area contributed by atoms with E-state index in [2.05, 4.69) is 9.61 Å². The summed E-state index contributed by atoms with van der Waals surface area (Å²) < 4.78 is 10.8. The van der Waals surface area contributed by atoms with Crippen LogP contribution < -0.4 is 9.61 Å². The van der Waals surface area contributed by atoms with E-state index in [-0.39, 0.29) is 5.56 Å². The monoisotopic (exact) mass is 344 g/mol. The second-order valence-corrected chi connectivity index (χ2v) is 5.11. The minimum Gasteiger partial charge on any atom is -0.465 e. The molecule has 24 heavy (non-hydrogen) atoms. The molecule has 1 amide bonds. The first-order valence-electron chi connectivity index (χ1n) is 7.02. The number of fused-ring (bicyclic) bond motifs is 1. The number of hydrogen-bond donors (Lipinski definition) is 1. The summed E-state index contributed by atoms with van der Waals surface area (Å²) in [6.07, 6.45) is 1.42. The Labute approximate surface area is 142 Å². The largest absolute Gasteiger partial charge is 0.465 e. The van der Waals surface area contributed by atoms with Gasteiger partial charge in [-0.3, -0.25) is 4.57 Å². The minimum absolute atomic E-state index is 0.242. The first kappa shape index (κ1) is 15.9. The Morgan fingerprint density at radius 2 is 1.88 bits per heavy atom. The first-order chi connectivity index (χ1) is 11.6. The summed E-state index contributed by atoms with van der Waals surface area (Å²) in [7, 11) is 1.28. The molecule has 0 fully saturated rings. The van der Waals surface area contributed by atoms with Gasteiger partial charge < -0.3 is 14.3 Å². The molecule has 0 aliphatic rings. The number of halogens is 1. The van der Waals surface area contributed by atoms with Gasteiger partial charge in [0.2, 0.25) is 0 Å². The lowest BCUT2D eigenvalue weighted by Crippen LogP contribution is -2.18. The van der Waals surface area contributed by atoms with Crippen LogP contribution in [0.3, 0.4) is 0 Å². The molecule has 0 saturated heterocycles. The highest BCUT2D eigenvalue weighted by atomic mass is 35.5. The van der Waals surface area contributed by atoms with Crippen LogP contribution in [-0.4, -0.2) is 23.7 Å². The molecule has 2 aromatic carbocycles. The molecule has 1 heterocycles. The molecule has 0 aliphatic heterocycles. The molecule has 6 nitrogen and oxygen atoms in total. The lowest BCUT2D eigenvalue weighted by molar-refractivity contribution is 0.0603. The summed E-state index contributed by atoms with van der Waals surface area (Å²) >= 11 is 5.37. The summed E-state index contributed by atoms with van der Waals surface area (Å²) in [6.45, 7) is 0. The molecule has 3 aromatic rings. The van der Waals surface area contributed by atoms with Crippen LogP contribution in [0.2, 0.25) is 0 Å². The van der Waals surface area contributed by atoms with Gasteiger partial charge in [-0.15, -0.1) is 0 Å². The summed E-state index contributed by atoms with van der Waals surface area (Å²) in [4.78, 5) is 24.5. The van der Waals surface area contributed by atoms with Crippen molar-refractivity contribution in [2.75, 3.05) is 12.4 Å². The van der Waals surface area contributed by atoms with E-state index in [1.54, 1.807) is 30.3 Å². The summed E-state index contributed by atoms with van der Waals surface area (Å²) in [5.41, 5.74) is 1.41. The van der Waals surface area contributed by atoms with E-state index in [9.17, 15) is 9.59 Å². The Bertz CT molecular complexity index is 906. The van der Waals surface area contributed by atoms with Crippen molar-refractivity contribution in [1.82, 2.24) is 4.57 Å². The van der Waals surface area contributed by atoms with Gasteiger partial charge in [-0.2, -0.15) is 0 Å². The fraction of sp³-hybridized carbons (Fsp3) is 0.0588. The zero-order valence-electron chi connectivity index (χ0n) is 12.7. The maximum atomic E-state index is 12.5. The molecule has 0 spiro atoms. The Balaban J connectivity index is 2.07. The van der Waals surface area contributed by atoms with Gasteiger partial charge in [-0.25, -0.2) is 9.59 Å². The molecule has 0 aliphatic carbocycles. The third-order valence-electron chi connectivity index (χ3n) is 3.51. The number of carbonyl (C=O) groups excluding carboxylic acids is 2. The van der Waals surface area contributed by atoms with E-state index in [1.807, 2.05) is 18.2 Å². The topological polar surface area (TPSA) is 69.6 Å². The smallest absolute Gasteiger partial charge is 0.340 e. The number of aromatic nitrogens is 1. The van der Waals surface area contributed by atoms with Crippen LogP contribution in [-0.2, 0) is 4.74 Å². The molecule has 0 atom stereocenters. The molecular weight excluding hydrogens is 332 g/mol. The van der Waals surface area contributed by atoms with Gasteiger partial charge in [0.25, 0.3) is 0 Å². The Kier molecular flexibility index (Phi) is 4.39. The first-order valence-corrected chi connectivity index (χ1v) is 7.33. The van der Waals surface area contributed by atoms with Crippen LogP contribution in [0.5, 0.6) is 5.75 Å². The van der Waals surface area contributed by atoms with Gasteiger partial charge in [0.15, 0.2) is 0 Å². The summed E-state index contributed by atoms with van der Waals surface area (Å²) in [5.74, 6) is -0.200. The lowest BCUT2D eigenvalue weighted by Gasteiger charge is -2.07. The Morgan fingerprint density at radius 1 is 1.12 bits per heavy atom. The van der Waals surface area contributed by atoms with E-state index in [4.69, 9.17) is 16.6 Å². The van der Waals surface area contributed by atoms with Crippen molar-refractivity contribution >= 4 is 40.5 Å². The molecule has 3 rings (SSSR count).